The van der Waals surface area contributed by atoms with Crippen molar-refractivity contribution in [1.29, 1.82) is 0 Å². The van der Waals surface area contributed by atoms with Gasteiger partial charge in [0, 0.05) is 44.1 Å². The molecule has 1 N–H and O–H groups in total. The predicted octanol–water partition coefficient (Wildman–Crippen LogP) is 2.99. The molecule has 2 aromatic rings. The average molecular weight is 373 g/mol. The standard InChI is InChI=1S/C20H28N4OS/c1-3-16(2)21-20(25)18-15-26-19(22-18)14-24-11-9-23(10-12-24)13-17-7-5-4-6-8-17/h4-8,15-16H,3,9-14H2,1-2H3,(H,21,25). The lowest BCUT2D eigenvalue weighted by molar-refractivity contribution is 0.0934. The number of hydrogen-bond acceptors (Lipinski definition) is 5. The zero-order valence-electron chi connectivity index (χ0n) is 15.6. The zero-order chi connectivity index (χ0) is 18.4. The first kappa shape index (κ1) is 19.0. The molecule has 1 aromatic carbocycles. The normalized spacial score (nSPS) is 17.2. The predicted molar refractivity (Wildman–Crippen MR) is 106 cm³/mol. The molecular weight excluding hydrogens is 344 g/mol. The first-order valence-corrected chi connectivity index (χ1v) is 10.3. The largest absolute Gasteiger partial charge is 0.348 e. The Bertz CT molecular complexity index is 695. The summed E-state index contributed by atoms with van der Waals surface area (Å²) in [6.07, 6.45) is 0.927. The second-order valence-electron chi connectivity index (χ2n) is 6.95. The number of piperazine rings is 1. The summed E-state index contributed by atoms with van der Waals surface area (Å²) in [5, 5.41) is 5.87. The highest BCUT2D eigenvalue weighted by Gasteiger charge is 2.19. The Morgan fingerprint density at radius 1 is 1.15 bits per heavy atom. The topological polar surface area (TPSA) is 48.5 Å². The average Bonchev–Trinajstić information content (AvgIpc) is 3.13. The van der Waals surface area contributed by atoms with Crippen molar-refractivity contribution in [2.45, 2.75) is 39.4 Å². The van der Waals surface area contributed by atoms with Gasteiger partial charge in [0.25, 0.3) is 5.91 Å². The smallest absolute Gasteiger partial charge is 0.270 e. The molecule has 26 heavy (non-hydrogen) atoms. The molecule has 1 aliphatic rings. The van der Waals surface area contributed by atoms with Crippen LogP contribution in [-0.4, -0.2) is 52.9 Å². The van der Waals surface area contributed by atoms with Crippen LogP contribution in [0.2, 0.25) is 0 Å². The molecule has 3 rings (SSSR count). The number of amides is 1. The van der Waals surface area contributed by atoms with E-state index in [1.54, 1.807) is 11.3 Å². The van der Waals surface area contributed by atoms with Gasteiger partial charge in [-0.15, -0.1) is 11.3 Å². The van der Waals surface area contributed by atoms with E-state index < -0.39 is 0 Å². The molecule has 0 saturated carbocycles. The zero-order valence-corrected chi connectivity index (χ0v) is 16.5. The number of hydrogen-bond donors (Lipinski definition) is 1. The van der Waals surface area contributed by atoms with E-state index in [1.165, 1.54) is 5.56 Å². The molecular formula is C20H28N4OS. The Morgan fingerprint density at radius 3 is 2.46 bits per heavy atom. The van der Waals surface area contributed by atoms with Gasteiger partial charge in [-0.1, -0.05) is 37.3 Å². The fourth-order valence-corrected chi connectivity index (χ4v) is 3.84. The Kier molecular flexibility index (Phi) is 6.77. The van der Waals surface area contributed by atoms with Crippen molar-refractivity contribution in [3.63, 3.8) is 0 Å². The molecule has 0 bridgehead atoms. The molecule has 5 nitrogen and oxygen atoms in total. The van der Waals surface area contributed by atoms with Gasteiger partial charge in [0.05, 0.1) is 6.54 Å². The van der Waals surface area contributed by atoms with Crippen LogP contribution in [0.4, 0.5) is 0 Å². The van der Waals surface area contributed by atoms with Gasteiger partial charge in [-0.2, -0.15) is 0 Å². The number of carbonyl (C=O) groups excluding carboxylic acids is 1. The van der Waals surface area contributed by atoms with Crippen molar-refractivity contribution in [3.05, 3.63) is 52.0 Å². The molecule has 2 heterocycles. The monoisotopic (exact) mass is 372 g/mol. The lowest BCUT2D eigenvalue weighted by Crippen LogP contribution is -2.45. The highest BCUT2D eigenvalue weighted by atomic mass is 32.1. The molecule has 0 aliphatic carbocycles. The van der Waals surface area contributed by atoms with Gasteiger partial charge in [0.1, 0.15) is 10.7 Å². The summed E-state index contributed by atoms with van der Waals surface area (Å²) < 4.78 is 0. The van der Waals surface area contributed by atoms with Crippen LogP contribution in [0.25, 0.3) is 0 Å². The van der Waals surface area contributed by atoms with E-state index in [0.717, 1.165) is 50.7 Å². The Morgan fingerprint density at radius 2 is 1.81 bits per heavy atom. The maximum Gasteiger partial charge on any atom is 0.270 e. The SMILES string of the molecule is CCC(C)NC(=O)c1csc(CN2CCN(Cc3ccccc3)CC2)n1. The van der Waals surface area contributed by atoms with E-state index >= 15 is 0 Å². The molecule has 0 radical (unpaired) electrons. The highest BCUT2D eigenvalue weighted by molar-refractivity contribution is 7.09. The first-order valence-electron chi connectivity index (χ1n) is 9.38. The van der Waals surface area contributed by atoms with Gasteiger partial charge in [0.15, 0.2) is 0 Å². The Hall–Kier alpha value is -1.76. The molecule has 140 valence electrons. The summed E-state index contributed by atoms with van der Waals surface area (Å²) in [5.41, 5.74) is 1.92. The van der Waals surface area contributed by atoms with Crippen molar-refractivity contribution in [1.82, 2.24) is 20.1 Å². The number of thiazole rings is 1. The number of nitrogens with one attached hydrogen (secondary N) is 1. The Balaban J connectivity index is 1.45. The summed E-state index contributed by atoms with van der Waals surface area (Å²) in [5.74, 6) is -0.0606. The lowest BCUT2D eigenvalue weighted by Gasteiger charge is -2.34. The van der Waals surface area contributed by atoms with Gasteiger partial charge in [-0.25, -0.2) is 4.98 Å². The molecule has 1 atom stereocenters. The summed E-state index contributed by atoms with van der Waals surface area (Å²) in [4.78, 5) is 21.6. The third kappa shape index (κ3) is 5.37. The van der Waals surface area contributed by atoms with Gasteiger partial charge < -0.3 is 5.32 Å². The quantitative estimate of drug-likeness (QED) is 0.812. The maximum atomic E-state index is 12.1. The summed E-state index contributed by atoms with van der Waals surface area (Å²) in [6, 6.07) is 10.8. The van der Waals surface area contributed by atoms with Crippen molar-refractivity contribution >= 4 is 17.2 Å². The van der Waals surface area contributed by atoms with Crippen LogP contribution < -0.4 is 5.32 Å². The minimum absolute atomic E-state index is 0.0606. The second kappa shape index (κ2) is 9.26. The minimum Gasteiger partial charge on any atom is -0.348 e. The molecule has 1 amide bonds. The number of nitrogens with zero attached hydrogens (tertiary/aromatic N) is 3. The lowest BCUT2D eigenvalue weighted by atomic mass is 10.2. The second-order valence-corrected chi connectivity index (χ2v) is 7.89. The van der Waals surface area contributed by atoms with Gasteiger partial charge in [-0.05, 0) is 18.9 Å². The van der Waals surface area contributed by atoms with E-state index in [2.05, 4.69) is 57.4 Å². The fraction of sp³-hybridized carbons (Fsp3) is 0.500. The van der Waals surface area contributed by atoms with Crippen LogP contribution in [0.1, 0.15) is 41.3 Å². The van der Waals surface area contributed by atoms with E-state index in [1.807, 2.05) is 12.3 Å². The number of aromatic nitrogens is 1. The first-order chi connectivity index (χ1) is 12.6. The molecule has 1 aliphatic heterocycles. The molecule has 1 unspecified atom stereocenters. The molecule has 6 heteroatoms. The Labute approximate surface area is 160 Å². The highest BCUT2D eigenvalue weighted by Crippen LogP contribution is 2.15. The van der Waals surface area contributed by atoms with Crippen LogP contribution in [-0.2, 0) is 13.1 Å². The van der Waals surface area contributed by atoms with Gasteiger partial charge in [-0.3, -0.25) is 14.6 Å². The van der Waals surface area contributed by atoms with Gasteiger partial charge in [0.2, 0.25) is 0 Å². The van der Waals surface area contributed by atoms with E-state index in [0.29, 0.717) is 5.69 Å². The van der Waals surface area contributed by atoms with Gasteiger partial charge >= 0.3 is 0 Å². The van der Waals surface area contributed by atoms with Crippen LogP contribution in [0.3, 0.4) is 0 Å². The van der Waals surface area contributed by atoms with Crippen LogP contribution >= 0.6 is 11.3 Å². The van der Waals surface area contributed by atoms with Crippen LogP contribution in [0.15, 0.2) is 35.7 Å². The van der Waals surface area contributed by atoms with E-state index in [4.69, 9.17) is 0 Å². The minimum atomic E-state index is -0.0606. The van der Waals surface area contributed by atoms with E-state index in [-0.39, 0.29) is 11.9 Å². The number of rotatable bonds is 7. The fourth-order valence-electron chi connectivity index (χ4n) is 3.03. The number of benzene rings is 1. The van der Waals surface area contributed by atoms with E-state index in [9.17, 15) is 4.79 Å². The third-order valence-corrected chi connectivity index (χ3v) is 5.68. The van der Waals surface area contributed by atoms with Crippen molar-refractivity contribution in [2.24, 2.45) is 0 Å². The molecule has 1 fully saturated rings. The van der Waals surface area contributed by atoms with Crippen molar-refractivity contribution in [2.75, 3.05) is 26.2 Å². The summed E-state index contributed by atoms with van der Waals surface area (Å²) in [6.45, 7) is 10.2. The van der Waals surface area contributed by atoms with Crippen molar-refractivity contribution in [3.8, 4) is 0 Å². The molecule has 1 saturated heterocycles. The summed E-state index contributed by atoms with van der Waals surface area (Å²) >= 11 is 1.58. The maximum absolute atomic E-state index is 12.1. The molecule has 1 aromatic heterocycles. The van der Waals surface area contributed by atoms with Crippen molar-refractivity contribution < 1.29 is 4.79 Å². The summed E-state index contributed by atoms with van der Waals surface area (Å²) in [7, 11) is 0. The van der Waals surface area contributed by atoms with Crippen LogP contribution in [0.5, 0.6) is 0 Å². The molecule has 0 spiro atoms. The number of carbonyl (C=O) groups is 1. The van der Waals surface area contributed by atoms with Crippen LogP contribution in [0, 0.1) is 0 Å². The third-order valence-electron chi connectivity index (χ3n) is 4.85.